The highest BCUT2D eigenvalue weighted by atomic mass is 79.9. The SMILES string of the molecule is O=C(/C=C/c1ccc(Br)o1)Nc1ccc(Cl)c(S(=O)(=O)N2CCOCC2)c1. The summed E-state index contributed by atoms with van der Waals surface area (Å²) in [6.07, 6.45) is 2.79. The Hall–Kier alpha value is -1.65. The smallest absolute Gasteiger partial charge is 0.248 e. The number of halogens is 2. The zero-order valence-electron chi connectivity index (χ0n) is 14.0. The predicted octanol–water partition coefficient (Wildman–Crippen LogP) is 3.37. The number of amides is 1. The molecule has 1 N–H and O–H groups in total. The average Bonchev–Trinajstić information content (AvgIpc) is 3.07. The van der Waals surface area contributed by atoms with Crippen molar-refractivity contribution in [3.63, 3.8) is 0 Å². The molecule has 1 saturated heterocycles. The van der Waals surface area contributed by atoms with Gasteiger partial charge in [-0.3, -0.25) is 4.79 Å². The van der Waals surface area contributed by atoms with Crippen LogP contribution in [0.15, 0.2) is 50.4 Å². The molecule has 144 valence electrons. The molecular formula is C17H16BrClN2O5S. The second kappa shape index (κ2) is 8.57. The number of carbonyl (C=O) groups is 1. The van der Waals surface area contributed by atoms with E-state index in [4.69, 9.17) is 20.8 Å². The molecule has 0 spiro atoms. The van der Waals surface area contributed by atoms with Gasteiger partial charge in [0.25, 0.3) is 0 Å². The fourth-order valence-corrected chi connectivity index (χ4v) is 4.69. The van der Waals surface area contributed by atoms with Crippen molar-refractivity contribution in [1.29, 1.82) is 0 Å². The van der Waals surface area contributed by atoms with Crippen molar-refractivity contribution < 1.29 is 22.4 Å². The Balaban J connectivity index is 1.76. The first-order chi connectivity index (χ1) is 12.9. The normalized spacial score (nSPS) is 15.9. The van der Waals surface area contributed by atoms with Crippen LogP contribution in [0.5, 0.6) is 0 Å². The van der Waals surface area contributed by atoms with E-state index in [1.165, 1.54) is 34.7 Å². The predicted molar refractivity (Wildman–Crippen MR) is 105 cm³/mol. The van der Waals surface area contributed by atoms with E-state index in [2.05, 4.69) is 21.2 Å². The van der Waals surface area contributed by atoms with Crippen LogP contribution in [0.4, 0.5) is 5.69 Å². The number of ether oxygens (including phenoxy) is 1. The second-order valence-corrected chi connectivity index (χ2v) is 8.72. The van der Waals surface area contributed by atoms with Crippen LogP contribution in [0, 0.1) is 0 Å². The number of furan rings is 1. The number of morpholine rings is 1. The largest absolute Gasteiger partial charge is 0.450 e. The minimum Gasteiger partial charge on any atom is -0.450 e. The van der Waals surface area contributed by atoms with Gasteiger partial charge in [-0.2, -0.15) is 4.31 Å². The molecule has 1 amide bonds. The lowest BCUT2D eigenvalue weighted by atomic mass is 10.3. The van der Waals surface area contributed by atoms with Crippen LogP contribution < -0.4 is 5.32 Å². The molecule has 1 fully saturated rings. The molecule has 1 aromatic heterocycles. The number of anilines is 1. The van der Waals surface area contributed by atoms with Crippen molar-refractivity contribution in [3.8, 4) is 0 Å². The van der Waals surface area contributed by atoms with E-state index in [9.17, 15) is 13.2 Å². The van der Waals surface area contributed by atoms with E-state index >= 15 is 0 Å². The van der Waals surface area contributed by atoms with E-state index in [-0.39, 0.29) is 23.0 Å². The number of nitrogens with one attached hydrogen (secondary N) is 1. The lowest BCUT2D eigenvalue weighted by Gasteiger charge is -2.26. The Morgan fingerprint density at radius 1 is 1.22 bits per heavy atom. The van der Waals surface area contributed by atoms with E-state index in [0.717, 1.165) is 0 Å². The van der Waals surface area contributed by atoms with Gasteiger partial charge < -0.3 is 14.5 Å². The van der Waals surface area contributed by atoms with Gasteiger partial charge in [-0.1, -0.05) is 11.6 Å². The van der Waals surface area contributed by atoms with E-state index in [0.29, 0.717) is 29.3 Å². The molecule has 1 aromatic carbocycles. The van der Waals surface area contributed by atoms with Crippen LogP contribution in [-0.2, 0) is 19.6 Å². The van der Waals surface area contributed by atoms with Crippen molar-refractivity contribution in [3.05, 3.63) is 51.9 Å². The van der Waals surface area contributed by atoms with Gasteiger partial charge in [-0.25, -0.2) is 8.42 Å². The van der Waals surface area contributed by atoms with Gasteiger partial charge in [-0.15, -0.1) is 0 Å². The van der Waals surface area contributed by atoms with Crippen molar-refractivity contribution in [1.82, 2.24) is 4.31 Å². The molecule has 1 aliphatic rings. The fraction of sp³-hybridized carbons (Fsp3) is 0.235. The van der Waals surface area contributed by atoms with Crippen LogP contribution in [0.1, 0.15) is 5.76 Å². The minimum atomic E-state index is -3.77. The summed E-state index contributed by atoms with van der Waals surface area (Å²) in [4.78, 5) is 12.0. The van der Waals surface area contributed by atoms with Gasteiger partial charge in [0.1, 0.15) is 10.7 Å². The topological polar surface area (TPSA) is 88.8 Å². The molecule has 2 aromatic rings. The van der Waals surface area contributed by atoms with Gasteiger partial charge >= 0.3 is 0 Å². The third kappa shape index (κ3) is 4.99. The van der Waals surface area contributed by atoms with Crippen LogP contribution in [0.2, 0.25) is 5.02 Å². The Labute approximate surface area is 170 Å². The number of rotatable bonds is 5. The summed E-state index contributed by atoms with van der Waals surface area (Å²) in [7, 11) is -3.77. The Kier molecular flexibility index (Phi) is 6.38. The monoisotopic (exact) mass is 474 g/mol. The fourth-order valence-electron chi connectivity index (χ4n) is 2.46. The molecule has 0 atom stereocenters. The third-order valence-corrected chi connectivity index (χ3v) is 6.59. The van der Waals surface area contributed by atoms with Gasteiger partial charge in [0, 0.05) is 24.9 Å². The van der Waals surface area contributed by atoms with E-state index in [1.54, 1.807) is 12.1 Å². The highest BCUT2D eigenvalue weighted by Crippen LogP contribution is 2.28. The van der Waals surface area contributed by atoms with Crippen LogP contribution in [0.25, 0.3) is 6.08 Å². The number of carbonyl (C=O) groups excluding carboxylic acids is 1. The summed E-state index contributed by atoms with van der Waals surface area (Å²) in [6.45, 7) is 1.19. The minimum absolute atomic E-state index is 0.0530. The molecule has 10 heteroatoms. The van der Waals surface area contributed by atoms with Gasteiger partial charge in [0.15, 0.2) is 4.67 Å². The molecule has 0 unspecified atom stereocenters. The van der Waals surface area contributed by atoms with Crippen molar-refractivity contribution in [2.75, 3.05) is 31.6 Å². The number of benzene rings is 1. The first-order valence-electron chi connectivity index (χ1n) is 7.98. The highest BCUT2D eigenvalue weighted by Gasteiger charge is 2.28. The first-order valence-corrected chi connectivity index (χ1v) is 10.6. The molecule has 27 heavy (non-hydrogen) atoms. The number of sulfonamides is 1. The van der Waals surface area contributed by atoms with Crippen molar-refractivity contribution >= 4 is 55.2 Å². The average molecular weight is 476 g/mol. The summed E-state index contributed by atoms with van der Waals surface area (Å²) in [5.74, 6) is 0.0725. The zero-order chi connectivity index (χ0) is 19.4. The molecule has 7 nitrogen and oxygen atoms in total. The molecule has 0 saturated carbocycles. The van der Waals surface area contributed by atoms with Crippen molar-refractivity contribution in [2.45, 2.75) is 4.90 Å². The quantitative estimate of drug-likeness (QED) is 0.670. The summed E-state index contributed by atoms with van der Waals surface area (Å²) in [5.41, 5.74) is 0.321. The standard InChI is InChI=1S/C17H16BrClN2O5S/c18-16-5-2-13(26-16)3-6-17(22)20-12-1-4-14(19)15(11-12)27(23,24)21-7-9-25-10-8-21/h1-6,11H,7-10H2,(H,20,22)/b6-3+. The number of hydrogen-bond acceptors (Lipinski definition) is 5. The Bertz CT molecular complexity index is 967. The third-order valence-electron chi connectivity index (χ3n) is 3.78. The van der Waals surface area contributed by atoms with E-state index in [1.807, 2.05) is 0 Å². The van der Waals surface area contributed by atoms with Gasteiger partial charge in [-0.05, 0) is 52.3 Å². The first kappa shape index (κ1) is 20.1. The van der Waals surface area contributed by atoms with Crippen LogP contribution in [0.3, 0.4) is 0 Å². The summed E-state index contributed by atoms with van der Waals surface area (Å²) < 4.78 is 37.9. The van der Waals surface area contributed by atoms with Gasteiger partial charge in [0.05, 0.1) is 18.2 Å². The highest BCUT2D eigenvalue weighted by molar-refractivity contribution is 9.10. The Morgan fingerprint density at radius 2 is 1.96 bits per heavy atom. The van der Waals surface area contributed by atoms with E-state index < -0.39 is 15.9 Å². The lowest BCUT2D eigenvalue weighted by Crippen LogP contribution is -2.40. The summed E-state index contributed by atoms with van der Waals surface area (Å²) in [6, 6.07) is 7.73. The number of nitrogens with zero attached hydrogens (tertiary/aromatic N) is 1. The lowest BCUT2D eigenvalue weighted by molar-refractivity contribution is -0.111. The zero-order valence-corrected chi connectivity index (χ0v) is 17.2. The Morgan fingerprint density at radius 3 is 2.63 bits per heavy atom. The van der Waals surface area contributed by atoms with Gasteiger partial charge in [0.2, 0.25) is 15.9 Å². The maximum Gasteiger partial charge on any atom is 0.248 e. The van der Waals surface area contributed by atoms with Crippen molar-refractivity contribution in [2.24, 2.45) is 0 Å². The maximum absolute atomic E-state index is 12.8. The molecule has 1 aliphatic heterocycles. The maximum atomic E-state index is 12.8. The number of hydrogen-bond donors (Lipinski definition) is 1. The van der Waals surface area contributed by atoms with Crippen LogP contribution >= 0.6 is 27.5 Å². The molecule has 0 aliphatic carbocycles. The summed E-state index contributed by atoms with van der Waals surface area (Å²) >= 11 is 9.28. The molecular weight excluding hydrogens is 460 g/mol. The second-order valence-electron chi connectivity index (χ2n) is 5.63. The summed E-state index contributed by atoms with van der Waals surface area (Å²) in [5, 5.41) is 2.71. The van der Waals surface area contributed by atoms with Crippen LogP contribution in [-0.4, -0.2) is 44.9 Å². The molecule has 0 bridgehead atoms. The molecule has 2 heterocycles. The molecule has 3 rings (SSSR count). The molecule has 0 radical (unpaired) electrons.